The lowest BCUT2D eigenvalue weighted by Gasteiger charge is -2.10. The van der Waals surface area contributed by atoms with Crippen LogP contribution in [-0.4, -0.2) is 14.8 Å². The van der Waals surface area contributed by atoms with E-state index in [1.54, 1.807) is 6.20 Å². The van der Waals surface area contributed by atoms with E-state index in [4.69, 9.17) is 5.73 Å². The van der Waals surface area contributed by atoms with Crippen molar-refractivity contribution in [2.24, 2.45) is 7.05 Å². The van der Waals surface area contributed by atoms with Gasteiger partial charge in [0, 0.05) is 24.8 Å². The number of nitrogens with one attached hydrogen (secondary N) is 1. The number of nitrogen functional groups attached to an aromatic ring is 1. The maximum atomic E-state index is 5.79. The number of pyridine rings is 1. The maximum absolute atomic E-state index is 5.79. The fourth-order valence-electron chi connectivity index (χ4n) is 1.61. The summed E-state index contributed by atoms with van der Waals surface area (Å²) in [5.41, 5.74) is 9.77. The van der Waals surface area contributed by atoms with Gasteiger partial charge in [-0.1, -0.05) is 0 Å². The van der Waals surface area contributed by atoms with E-state index >= 15 is 0 Å². The standard InChI is InChI=1S/C12H16BrN5/c1-7-10(14)6-16-12(11(7)13)15-4-9-5-17-18(3)8(9)2/h5-6H,4,14H2,1-3H3,(H,15,16). The molecule has 6 heteroatoms. The molecule has 0 aromatic carbocycles. The van der Waals surface area contributed by atoms with Crippen molar-refractivity contribution in [1.29, 1.82) is 0 Å². The second-order valence-electron chi connectivity index (χ2n) is 4.23. The molecule has 0 bridgehead atoms. The number of nitrogens with two attached hydrogens (primary N) is 1. The summed E-state index contributed by atoms with van der Waals surface area (Å²) >= 11 is 3.50. The summed E-state index contributed by atoms with van der Waals surface area (Å²) in [4.78, 5) is 4.28. The number of anilines is 2. The molecule has 0 atom stereocenters. The molecule has 0 fully saturated rings. The number of aromatic nitrogens is 3. The smallest absolute Gasteiger partial charge is 0.140 e. The van der Waals surface area contributed by atoms with Crippen LogP contribution >= 0.6 is 15.9 Å². The van der Waals surface area contributed by atoms with E-state index in [9.17, 15) is 0 Å². The SMILES string of the molecule is Cc1c(N)cnc(NCc2cnn(C)c2C)c1Br. The Morgan fingerprint density at radius 2 is 2.11 bits per heavy atom. The van der Waals surface area contributed by atoms with Crippen molar-refractivity contribution in [3.8, 4) is 0 Å². The first-order valence-electron chi connectivity index (χ1n) is 5.62. The number of rotatable bonds is 3. The summed E-state index contributed by atoms with van der Waals surface area (Å²) in [5.74, 6) is 0.796. The van der Waals surface area contributed by atoms with E-state index in [1.807, 2.05) is 31.8 Å². The fourth-order valence-corrected chi connectivity index (χ4v) is 2.08. The van der Waals surface area contributed by atoms with Crippen LogP contribution in [0.4, 0.5) is 11.5 Å². The largest absolute Gasteiger partial charge is 0.397 e. The van der Waals surface area contributed by atoms with Crippen molar-refractivity contribution in [2.75, 3.05) is 11.1 Å². The quantitative estimate of drug-likeness (QED) is 0.913. The van der Waals surface area contributed by atoms with Gasteiger partial charge in [0.25, 0.3) is 0 Å². The van der Waals surface area contributed by atoms with Crippen molar-refractivity contribution < 1.29 is 0 Å². The van der Waals surface area contributed by atoms with E-state index in [1.165, 1.54) is 0 Å². The lowest BCUT2D eigenvalue weighted by atomic mass is 10.2. The van der Waals surface area contributed by atoms with Crippen LogP contribution in [0.25, 0.3) is 0 Å². The van der Waals surface area contributed by atoms with E-state index < -0.39 is 0 Å². The van der Waals surface area contributed by atoms with Gasteiger partial charge in [-0.25, -0.2) is 4.98 Å². The Hall–Kier alpha value is -1.56. The molecule has 0 saturated carbocycles. The van der Waals surface area contributed by atoms with Crippen LogP contribution in [0.15, 0.2) is 16.9 Å². The lowest BCUT2D eigenvalue weighted by molar-refractivity contribution is 0.738. The molecular weight excluding hydrogens is 294 g/mol. The molecular formula is C12H16BrN5. The second-order valence-corrected chi connectivity index (χ2v) is 5.03. The molecule has 0 aliphatic heterocycles. The molecule has 0 saturated heterocycles. The topological polar surface area (TPSA) is 68.8 Å². The van der Waals surface area contributed by atoms with Crippen molar-refractivity contribution in [3.63, 3.8) is 0 Å². The number of halogens is 1. The highest BCUT2D eigenvalue weighted by molar-refractivity contribution is 9.10. The Balaban J connectivity index is 2.16. The molecule has 2 aromatic heterocycles. The number of hydrogen-bond acceptors (Lipinski definition) is 4. The van der Waals surface area contributed by atoms with Crippen LogP contribution in [0.1, 0.15) is 16.8 Å². The second kappa shape index (κ2) is 4.97. The van der Waals surface area contributed by atoms with Gasteiger partial charge in [-0.2, -0.15) is 5.10 Å². The van der Waals surface area contributed by atoms with E-state index in [2.05, 4.69) is 31.3 Å². The third kappa shape index (κ3) is 2.33. The lowest BCUT2D eigenvalue weighted by Crippen LogP contribution is -2.05. The summed E-state index contributed by atoms with van der Waals surface area (Å²) in [6.45, 7) is 4.69. The minimum atomic E-state index is 0.685. The first kappa shape index (κ1) is 12.9. The average molecular weight is 310 g/mol. The van der Waals surface area contributed by atoms with Crippen molar-refractivity contribution >= 4 is 27.4 Å². The van der Waals surface area contributed by atoms with Gasteiger partial charge in [-0.15, -0.1) is 0 Å². The van der Waals surface area contributed by atoms with Gasteiger partial charge in [0.2, 0.25) is 0 Å². The van der Waals surface area contributed by atoms with Crippen molar-refractivity contribution in [2.45, 2.75) is 20.4 Å². The zero-order valence-corrected chi connectivity index (χ0v) is 12.2. The van der Waals surface area contributed by atoms with Crippen LogP contribution in [0.3, 0.4) is 0 Å². The maximum Gasteiger partial charge on any atom is 0.140 e. The molecule has 2 heterocycles. The Labute approximate surface area is 115 Å². The third-order valence-electron chi connectivity index (χ3n) is 3.09. The Bertz CT molecular complexity index is 576. The molecule has 96 valence electrons. The Morgan fingerprint density at radius 1 is 1.39 bits per heavy atom. The monoisotopic (exact) mass is 309 g/mol. The Morgan fingerprint density at radius 3 is 2.72 bits per heavy atom. The van der Waals surface area contributed by atoms with Crippen LogP contribution in [0.2, 0.25) is 0 Å². The number of hydrogen-bond donors (Lipinski definition) is 2. The molecule has 0 radical (unpaired) electrons. The van der Waals surface area contributed by atoms with Crippen LogP contribution in [0.5, 0.6) is 0 Å². The minimum Gasteiger partial charge on any atom is -0.397 e. The van der Waals surface area contributed by atoms with E-state index in [0.717, 1.165) is 27.1 Å². The van der Waals surface area contributed by atoms with Crippen LogP contribution in [0, 0.1) is 13.8 Å². The molecule has 2 aromatic rings. The minimum absolute atomic E-state index is 0.685. The number of aryl methyl sites for hydroxylation is 1. The number of nitrogens with zero attached hydrogens (tertiary/aromatic N) is 3. The van der Waals surface area contributed by atoms with Gasteiger partial charge in [0.05, 0.1) is 22.6 Å². The van der Waals surface area contributed by atoms with Gasteiger partial charge >= 0.3 is 0 Å². The summed E-state index contributed by atoms with van der Waals surface area (Å²) in [6.07, 6.45) is 3.53. The zero-order valence-electron chi connectivity index (χ0n) is 10.7. The fraction of sp³-hybridized carbons (Fsp3) is 0.333. The van der Waals surface area contributed by atoms with Crippen LogP contribution in [-0.2, 0) is 13.6 Å². The molecule has 18 heavy (non-hydrogen) atoms. The predicted octanol–water partition coefficient (Wildman–Crippen LogP) is 2.39. The highest BCUT2D eigenvalue weighted by Gasteiger charge is 2.08. The van der Waals surface area contributed by atoms with Crippen molar-refractivity contribution in [3.05, 3.63) is 33.7 Å². The first-order chi connectivity index (χ1) is 8.50. The summed E-state index contributed by atoms with van der Waals surface area (Å²) in [6, 6.07) is 0. The van der Waals surface area contributed by atoms with Gasteiger partial charge in [-0.05, 0) is 35.3 Å². The first-order valence-corrected chi connectivity index (χ1v) is 6.42. The molecule has 0 spiro atoms. The van der Waals surface area contributed by atoms with Gasteiger partial charge in [0.15, 0.2) is 0 Å². The third-order valence-corrected chi connectivity index (χ3v) is 4.06. The molecule has 0 aliphatic rings. The van der Waals surface area contributed by atoms with E-state index in [-0.39, 0.29) is 0 Å². The van der Waals surface area contributed by atoms with Crippen molar-refractivity contribution in [1.82, 2.24) is 14.8 Å². The summed E-state index contributed by atoms with van der Waals surface area (Å²) in [7, 11) is 1.93. The van der Waals surface area contributed by atoms with Crippen LogP contribution < -0.4 is 11.1 Å². The normalized spacial score (nSPS) is 10.7. The van der Waals surface area contributed by atoms with E-state index in [0.29, 0.717) is 12.2 Å². The molecule has 2 rings (SSSR count). The molecule has 3 N–H and O–H groups in total. The molecule has 5 nitrogen and oxygen atoms in total. The highest BCUT2D eigenvalue weighted by atomic mass is 79.9. The van der Waals surface area contributed by atoms with Gasteiger partial charge < -0.3 is 11.1 Å². The predicted molar refractivity (Wildman–Crippen MR) is 76.4 cm³/mol. The highest BCUT2D eigenvalue weighted by Crippen LogP contribution is 2.28. The van der Waals surface area contributed by atoms with Gasteiger partial charge in [-0.3, -0.25) is 4.68 Å². The summed E-state index contributed by atoms with van der Waals surface area (Å²) < 4.78 is 2.76. The summed E-state index contributed by atoms with van der Waals surface area (Å²) in [5, 5.41) is 7.49. The average Bonchev–Trinajstić information content (AvgIpc) is 2.67. The molecule has 0 unspecified atom stereocenters. The zero-order chi connectivity index (χ0) is 13.3. The Kier molecular flexibility index (Phi) is 3.56. The molecule has 0 amide bonds. The molecule has 0 aliphatic carbocycles. The van der Waals surface area contributed by atoms with Gasteiger partial charge in [0.1, 0.15) is 5.82 Å².